The largest absolute Gasteiger partial charge is 0.474 e. The summed E-state index contributed by atoms with van der Waals surface area (Å²) < 4.78 is 9.01. The number of hydrogen-bond acceptors (Lipinski definition) is 5. The molecule has 1 aliphatic carbocycles. The Bertz CT molecular complexity index is 1690. The zero-order chi connectivity index (χ0) is 27.5. The molecule has 2 aromatic carbocycles. The van der Waals surface area contributed by atoms with Crippen LogP contribution in [0.2, 0.25) is 0 Å². The van der Waals surface area contributed by atoms with Crippen LogP contribution in [0.25, 0.3) is 16.7 Å². The third-order valence-corrected chi connectivity index (χ3v) is 8.93. The highest BCUT2D eigenvalue weighted by atomic mass is 79.9. The van der Waals surface area contributed by atoms with Gasteiger partial charge >= 0.3 is 0 Å². The molecule has 1 fully saturated rings. The van der Waals surface area contributed by atoms with Crippen LogP contribution in [0.4, 0.5) is 0 Å². The van der Waals surface area contributed by atoms with E-state index >= 15 is 0 Å². The SMILES string of the molecule is C=CC(=O)N1CCOc2nn(-c3ccc(C4CC4)cc3C)c3c2C(C1)N(C(=O)c1ccc(Br)c2nc[nH]c12)CC3. The van der Waals surface area contributed by atoms with Crippen molar-refractivity contribution in [3.63, 3.8) is 0 Å². The Labute approximate surface area is 239 Å². The molecule has 1 unspecified atom stereocenters. The van der Waals surface area contributed by atoms with Gasteiger partial charge in [-0.05, 0) is 77.0 Å². The predicted octanol–water partition coefficient (Wildman–Crippen LogP) is 4.84. The first kappa shape index (κ1) is 25.1. The van der Waals surface area contributed by atoms with Crippen molar-refractivity contribution in [1.82, 2.24) is 29.5 Å². The summed E-state index contributed by atoms with van der Waals surface area (Å²) in [5.74, 6) is 0.874. The number of hydrogen-bond donors (Lipinski definition) is 1. The molecule has 1 N–H and O–H groups in total. The normalized spacial score (nSPS) is 18.6. The fourth-order valence-corrected chi connectivity index (χ4v) is 6.53. The van der Waals surface area contributed by atoms with Crippen molar-refractivity contribution in [3.8, 4) is 11.6 Å². The molecule has 204 valence electrons. The van der Waals surface area contributed by atoms with Gasteiger partial charge in [0.1, 0.15) is 12.1 Å². The second-order valence-electron chi connectivity index (χ2n) is 10.7. The maximum absolute atomic E-state index is 14.2. The summed E-state index contributed by atoms with van der Waals surface area (Å²) in [4.78, 5) is 38.1. The number of benzene rings is 2. The highest BCUT2D eigenvalue weighted by Crippen LogP contribution is 2.43. The number of aromatic nitrogens is 4. The molecular formula is C30H29BrN6O3. The summed E-state index contributed by atoms with van der Waals surface area (Å²) in [6, 6.07) is 9.84. The lowest BCUT2D eigenvalue weighted by Gasteiger charge is -2.40. The number of amides is 2. The van der Waals surface area contributed by atoms with Gasteiger partial charge in [0, 0.05) is 24.0 Å². The second-order valence-corrected chi connectivity index (χ2v) is 11.6. The molecule has 4 aromatic rings. The van der Waals surface area contributed by atoms with Gasteiger partial charge in [-0.3, -0.25) is 9.59 Å². The topological polar surface area (TPSA) is 96.4 Å². The lowest BCUT2D eigenvalue weighted by Crippen LogP contribution is -2.48. The molecule has 4 heterocycles. The van der Waals surface area contributed by atoms with Gasteiger partial charge in [-0.2, -0.15) is 0 Å². The summed E-state index contributed by atoms with van der Waals surface area (Å²) in [5.41, 5.74) is 7.34. The molecule has 0 radical (unpaired) electrons. The molecule has 40 heavy (non-hydrogen) atoms. The van der Waals surface area contributed by atoms with Crippen molar-refractivity contribution < 1.29 is 14.3 Å². The van der Waals surface area contributed by atoms with Crippen molar-refractivity contribution in [2.45, 2.75) is 38.1 Å². The smallest absolute Gasteiger partial charge is 0.256 e. The second kappa shape index (κ2) is 9.62. The fourth-order valence-electron chi connectivity index (χ4n) is 6.10. The Kier molecular flexibility index (Phi) is 6.03. The number of H-pyrrole nitrogens is 1. The van der Waals surface area contributed by atoms with Crippen molar-refractivity contribution in [2.24, 2.45) is 0 Å². The molecule has 0 saturated heterocycles. The summed E-state index contributed by atoms with van der Waals surface area (Å²) >= 11 is 3.53. The molecule has 1 saturated carbocycles. The van der Waals surface area contributed by atoms with Gasteiger partial charge < -0.3 is 19.5 Å². The van der Waals surface area contributed by atoms with E-state index in [4.69, 9.17) is 9.84 Å². The van der Waals surface area contributed by atoms with Crippen LogP contribution in [-0.2, 0) is 11.2 Å². The number of fused-ring (bicyclic) bond motifs is 1. The van der Waals surface area contributed by atoms with Gasteiger partial charge in [0.25, 0.3) is 5.91 Å². The average Bonchev–Trinajstić information content (AvgIpc) is 3.56. The molecule has 1 atom stereocenters. The zero-order valence-corrected chi connectivity index (χ0v) is 23.8. The van der Waals surface area contributed by atoms with E-state index in [-0.39, 0.29) is 11.8 Å². The van der Waals surface area contributed by atoms with E-state index in [2.05, 4.69) is 57.6 Å². The Morgan fingerprint density at radius 1 is 1.20 bits per heavy atom. The van der Waals surface area contributed by atoms with E-state index in [1.807, 2.05) is 21.7 Å². The van der Waals surface area contributed by atoms with Crippen LogP contribution in [0, 0.1) is 6.92 Å². The number of rotatable bonds is 4. The molecule has 2 aromatic heterocycles. The maximum atomic E-state index is 14.2. The molecule has 3 aliphatic rings. The van der Waals surface area contributed by atoms with Crippen LogP contribution in [0.15, 0.2) is 53.8 Å². The molecule has 0 spiro atoms. The van der Waals surface area contributed by atoms with Crippen molar-refractivity contribution in [3.05, 3.63) is 81.7 Å². The molecule has 2 amide bonds. The first-order valence-electron chi connectivity index (χ1n) is 13.6. The van der Waals surface area contributed by atoms with Gasteiger partial charge in [0.05, 0.1) is 46.9 Å². The number of aryl methyl sites for hydroxylation is 1. The summed E-state index contributed by atoms with van der Waals surface area (Å²) in [7, 11) is 0. The number of nitrogens with one attached hydrogen (secondary N) is 1. The molecule has 9 nitrogen and oxygen atoms in total. The quantitative estimate of drug-likeness (QED) is 0.338. The Balaban J connectivity index is 1.34. The number of carbonyl (C=O) groups excluding carboxylic acids is 2. The Morgan fingerprint density at radius 3 is 2.83 bits per heavy atom. The highest BCUT2D eigenvalue weighted by molar-refractivity contribution is 9.10. The van der Waals surface area contributed by atoms with Gasteiger partial charge in [-0.15, -0.1) is 5.10 Å². The van der Waals surface area contributed by atoms with E-state index in [1.54, 1.807) is 11.2 Å². The monoisotopic (exact) mass is 600 g/mol. The van der Waals surface area contributed by atoms with Gasteiger partial charge in [-0.25, -0.2) is 9.67 Å². The minimum absolute atomic E-state index is 0.132. The Morgan fingerprint density at radius 2 is 2.05 bits per heavy atom. The first-order valence-corrected chi connectivity index (χ1v) is 14.4. The fraction of sp³-hybridized carbons (Fsp3) is 0.333. The Hall–Kier alpha value is -3.92. The highest BCUT2D eigenvalue weighted by Gasteiger charge is 2.41. The van der Waals surface area contributed by atoms with Gasteiger partial charge in [0.15, 0.2) is 0 Å². The molecule has 2 aliphatic heterocycles. The van der Waals surface area contributed by atoms with Crippen LogP contribution in [0.1, 0.15) is 57.5 Å². The minimum Gasteiger partial charge on any atom is -0.474 e. The van der Waals surface area contributed by atoms with Crippen molar-refractivity contribution >= 4 is 38.8 Å². The van der Waals surface area contributed by atoms with E-state index in [1.165, 1.54) is 24.5 Å². The lowest BCUT2D eigenvalue weighted by molar-refractivity contribution is -0.127. The number of halogens is 1. The van der Waals surface area contributed by atoms with Crippen LogP contribution >= 0.6 is 15.9 Å². The number of carbonyl (C=O) groups is 2. The predicted molar refractivity (Wildman–Crippen MR) is 154 cm³/mol. The summed E-state index contributed by atoms with van der Waals surface area (Å²) in [6.45, 7) is 7.30. The van der Waals surface area contributed by atoms with Crippen molar-refractivity contribution in [2.75, 3.05) is 26.2 Å². The van der Waals surface area contributed by atoms with Gasteiger partial charge in [0.2, 0.25) is 11.8 Å². The van der Waals surface area contributed by atoms with E-state index < -0.39 is 6.04 Å². The van der Waals surface area contributed by atoms with Crippen LogP contribution in [0.3, 0.4) is 0 Å². The average molecular weight is 602 g/mol. The number of aromatic amines is 1. The van der Waals surface area contributed by atoms with E-state index in [0.717, 1.165) is 27.0 Å². The summed E-state index contributed by atoms with van der Waals surface area (Å²) in [5, 5.41) is 4.96. The maximum Gasteiger partial charge on any atom is 0.256 e. The third kappa shape index (κ3) is 4.04. The van der Waals surface area contributed by atoms with Crippen LogP contribution < -0.4 is 4.74 Å². The van der Waals surface area contributed by atoms with Crippen molar-refractivity contribution in [1.29, 1.82) is 0 Å². The minimum atomic E-state index is -0.433. The lowest BCUT2D eigenvalue weighted by atomic mass is 9.95. The molecule has 7 rings (SSSR count). The van der Waals surface area contributed by atoms with E-state index in [9.17, 15) is 9.59 Å². The zero-order valence-electron chi connectivity index (χ0n) is 22.2. The van der Waals surface area contributed by atoms with E-state index in [0.29, 0.717) is 61.1 Å². The molecular weight excluding hydrogens is 572 g/mol. The number of nitrogens with zero attached hydrogens (tertiary/aromatic N) is 5. The first-order chi connectivity index (χ1) is 19.4. The standard InChI is InChI=1S/C30H29BrN6O3/c1-3-25(38)35-12-13-40-29-26-23(37(34-29)22-9-6-19(14-17(22)2)18-4-5-18)10-11-36(24(26)15-35)30(39)20-7-8-21(31)28-27(20)32-16-33-28/h3,6-9,14,16,18,24H,1,4-5,10-13,15H2,2H3,(H,32,33). The number of ether oxygens (including phenoxy) is 1. The van der Waals surface area contributed by atoms with Crippen LogP contribution in [0.5, 0.6) is 5.88 Å². The van der Waals surface area contributed by atoms with Gasteiger partial charge in [-0.1, -0.05) is 18.7 Å². The number of imidazole rings is 1. The van der Waals surface area contributed by atoms with Crippen LogP contribution in [-0.4, -0.2) is 67.6 Å². The summed E-state index contributed by atoms with van der Waals surface area (Å²) in [6.07, 6.45) is 6.02. The molecule has 10 heteroatoms. The molecule has 0 bridgehead atoms. The third-order valence-electron chi connectivity index (χ3n) is 8.29.